The molecular weight excluding hydrogens is 219 g/mol. The number of halogens is 1. The maximum atomic E-state index is 13.2. The maximum Gasteiger partial charge on any atom is 0.141 e. The van der Waals surface area contributed by atoms with Crippen LogP contribution in [0.5, 0.6) is 0 Å². The van der Waals surface area contributed by atoms with Gasteiger partial charge in [0.2, 0.25) is 0 Å². The van der Waals surface area contributed by atoms with E-state index in [0.717, 1.165) is 25.9 Å². The predicted molar refractivity (Wildman–Crippen MR) is 61.9 cm³/mol. The third-order valence-corrected chi connectivity index (χ3v) is 4.15. The zero-order chi connectivity index (χ0) is 11.9. The molecule has 3 rings (SSSR count). The van der Waals surface area contributed by atoms with Crippen LogP contribution in [0.2, 0.25) is 0 Å². The van der Waals surface area contributed by atoms with Gasteiger partial charge in [-0.05, 0) is 31.9 Å². The summed E-state index contributed by atoms with van der Waals surface area (Å²) in [6, 6.07) is 1.56. The van der Waals surface area contributed by atoms with Gasteiger partial charge in [0.25, 0.3) is 0 Å². The van der Waals surface area contributed by atoms with E-state index >= 15 is 0 Å². The minimum Gasteiger partial charge on any atom is -0.383 e. The van der Waals surface area contributed by atoms with Gasteiger partial charge in [-0.3, -0.25) is 9.88 Å². The third kappa shape index (κ3) is 1.76. The fourth-order valence-corrected chi connectivity index (χ4v) is 3.27. The van der Waals surface area contributed by atoms with Crippen LogP contribution >= 0.6 is 0 Å². The lowest BCUT2D eigenvalue weighted by Gasteiger charge is -2.37. The van der Waals surface area contributed by atoms with Crippen molar-refractivity contribution in [3.8, 4) is 0 Å². The van der Waals surface area contributed by atoms with Crippen LogP contribution < -0.4 is 0 Å². The van der Waals surface area contributed by atoms with E-state index in [-0.39, 0.29) is 11.9 Å². The van der Waals surface area contributed by atoms with Crippen molar-refractivity contribution in [1.82, 2.24) is 9.88 Å². The second kappa shape index (κ2) is 4.03. The summed E-state index contributed by atoms with van der Waals surface area (Å²) < 4.78 is 13.2. The number of hydrogen-bond acceptors (Lipinski definition) is 3. The normalized spacial score (nSPS) is 33.6. The first-order valence-electron chi connectivity index (χ1n) is 6.27. The van der Waals surface area contributed by atoms with Gasteiger partial charge in [-0.25, -0.2) is 4.39 Å². The molecule has 1 aromatic heterocycles. The largest absolute Gasteiger partial charge is 0.383 e. The first kappa shape index (κ1) is 11.1. The number of nitrogens with zero attached hydrogens (tertiary/aromatic N) is 2. The van der Waals surface area contributed by atoms with Crippen LogP contribution in [-0.4, -0.2) is 34.1 Å². The molecule has 3 nitrogen and oxygen atoms in total. The second-order valence-corrected chi connectivity index (χ2v) is 5.11. The van der Waals surface area contributed by atoms with E-state index in [1.54, 1.807) is 6.20 Å². The van der Waals surface area contributed by atoms with E-state index < -0.39 is 5.60 Å². The summed E-state index contributed by atoms with van der Waals surface area (Å²) in [5.74, 6) is -0.370. The first-order valence-corrected chi connectivity index (χ1v) is 6.27. The highest BCUT2D eigenvalue weighted by Gasteiger charge is 2.47. The summed E-state index contributed by atoms with van der Waals surface area (Å²) in [6.07, 6.45) is 6.80. The van der Waals surface area contributed by atoms with Crippen LogP contribution in [0.4, 0.5) is 4.39 Å². The van der Waals surface area contributed by atoms with Crippen LogP contribution in [0.15, 0.2) is 18.5 Å². The van der Waals surface area contributed by atoms with Crippen molar-refractivity contribution in [1.29, 1.82) is 0 Å². The minimum absolute atomic E-state index is 0.139. The van der Waals surface area contributed by atoms with Gasteiger partial charge in [0.15, 0.2) is 0 Å². The Morgan fingerprint density at radius 3 is 3.06 bits per heavy atom. The molecule has 0 spiro atoms. The molecule has 0 aromatic carbocycles. The molecule has 2 aliphatic rings. The number of fused-ring (bicyclic) bond motifs is 1. The van der Waals surface area contributed by atoms with Crippen molar-refractivity contribution in [3.05, 3.63) is 29.8 Å². The highest BCUT2D eigenvalue weighted by atomic mass is 19.1. The molecule has 92 valence electrons. The molecule has 1 aromatic rings. The Bertz CT molecular complexity index is 426. The molecule has 3 heterocycles. The Hall–Kier alpha value is -1.00. The van der Waals surface area contributed by atoms with Crippen LogP contribution in [0.25, 0.3) is 0 Å². The monoisotopic (exact) mass is 236 g/mol. The van der Waals surface area contributed by atoms with Crippen molar-refractivity contribution >= 4 is 0 Å². The fourth-order valence-electron chi connectivity index (χ4n) is 3.27. The van der Waals surface area contributed by atoms with Gasteiger partial charge >= 0.3 is 0 Å². The zero-order valence-corrected chi connectivity index (χ0v) is 9.77. The highest BCUT2D eigenvalue weighted by molar-refractivity contribution is 5.24. The average molecular weight is 236 g/mol. The van der Waals surface area contributed by atoms with Crippen molar-refractivity contribution in [2.75, 3.05) is 13.1 Å². The van der Waals surface area contributed by atoms with Crippen molar-refractivity contribution in [2.45, 2.75) is 37.3 Å². The summed E-state index contributed by atoms with van der Waals surface area (Å²) in [4.78, 5) is 6.19. The lowest BCUT2D eigenvalue weighted by atomic mass is 9.83. The summed E-state index contributed by atoms with van der Waals surface area (Å²) in [7, 11) is 0. The molecular formula is C13H17FN2O. The first-order chi connectivity index (χ1) is 8.20. The van der Waals surface area contributed by atoms with Gasteiger partial charge in [-0.1, -0.05) is 6.42 Å². The van der Waals surface area contributed by atoms with E-state index in [1.165, 1.54) is 18.7 Å². The lowest BCUT2D eigenvalue weighted by Crippen LogP contribution is -2.45. The molecule has 0 amide bonds. The number of piperidine rings is 1. The van der Waals surface area contributed by atoms with E-state index in [1.807, 2.05) is 0 Å². The number of rotatable bonds is 1. The van der Waals surface area contributed by atoms with Crippen LogP contribution in [0.1, 0.15) is 31.2 Å². The zero-order valence-electron chi connectivity index (χ0n) is 9.77. The Morgan fingerprint density at radius 2 is 2.24 bits per heavy atom. The predicted octanol–water partition coefficient (Wildman–Crippen LogP) is 1.67. The number of pyridine rings is 1. The average Bonchev–Trinajstić information content (AvgIpc) is 2.69. The second-order valence-electron chi connectivity index (χ2n) is 5.11. The Morgan fingerprint density at radius 1 is 1.35 bits per heavy atom. The highest BCUT2D eigenvalue weighted by Crippen LogP contribution is 2.41. The lowest BCUT2D eigenvalue weighted by molar-refractivity contribution is -0.0142. The topological polar surface area (TPSA) is 36.4 Å². The summed E-state index contributed by atoms with van der Waals surface area (Å²) in [5.41, 5.74) is -0.276. The maximum absolute atomic E-state index is 13.2. The van der Waals surface area contributed by atoms with Gasteiger partial charge in [0.05, 0.1) is 6.20 Å². The summed E-state index contributed by atoms with van der Waals surface area (Å²) in [5, 5.41) is 10.8. The molecule has 2 unspecified atom stereocenters. The quantitative estimate of drug-likeness (QED) is 0.805. The van der Waals surface area contributed by atoms with Gasteiger partial charge in [0, 0.05) is 24.3 Å². The molecule has 17 heavy (non-hydrogen) atoms. The van der Waals surface area contributed by atoms with Gasteiger partial charge < -0.3 is 5.11 Å². The molecule has 0 aliphatic carbocycles. The van der Waals surface area contributed by atoms with Gasteiger partial charge in [-0.15, -0.1) is 0 Å². The molecule has 2 atom stereocenters. The SMILES string of the molecule is OC1(c2cncc(F)c2)CCN2CCCCC21. The van der Waals surface area contributed by atoms with Crippen LogP contribution in [0.3, 0.4) is 0 Å². The molecule has 0 saturated carbocycles. The number of aliphatic hydroxyl groups is 1. The smallest absolute Gasteiger partial charge is 0.141 e. The van der Waals surface area contributed by atoms with E-state index in [0.29, 0.717) is 12.0 Å². The van der Waals surface area contributed by atoms with Crippen molar-refractivity contribution in [3.63, 3.8) is 0 Å². The Labute approximate surface area is 100 Å². The molecule has 1 N–H and O–H groups in total. The van der Waals surface area contributed by atoms with Crippen molar-refractivity contribution < 1.29 is 9.50 Å². The molecule has 2 aliphatic heterocycles. The molecule has 4 heteroatoms. The minimum atomic E-state index is -0.907. The van der Waals surface area contributed by atoms with Gasteiger partial charge in [0.1, 0.15) is 11.4 Å². The third-order valence-electron chi connectivity index (χ3n) is 4.15. The molecule has 0 bridgehead atoms. The number of hydrogen-bond donors (Lipinski definition) is 1. The van der Waals surface area contributed by atoms with Crippen LogP contribution in [-0.2, 0) is 5.60 Å². The molecule has 0 radical (unpaired) electrons. The summed E-state index contributed by atoms with van der Waals surface area (Å²) >= 11 is 0. The van der Waals surface area contributed by atoms with Crippen LogP contribution in [0, 0.1) is 5.82 Å². The Kier molecular flexibility index (Phi) is 2.64. The molecule has 2 fully saturated rings. The Balaban J connectivity index is 1.95. The van der Waals surface area contributed by atoms with Crippen molar-refractivity contribution in [2.24, 2.45) is 0 Å². The standard InChI is InChI=1S/C13H17FN2O/c14-11-7-10(8-15-9-11)13(17)4-6-16-5-2-1-3-12(13)16/h7-9,12,17H,1-6H2. The van der Waals surface area contributed by atoms with Gasteiger partial charge in [-0.2, -0.15) is 0 Å². The number of aromatic nitrogens is 1. The van der Waals surface area contributed by atoms with E-state index in [4.69, 9.17) is 0 Å². The summed E-state index contributed by atoms with van der Waals surface area (Å²) in [6.45, 7) is 1.95. The molecule has 2 saturated heterocycles. The van der Waals surface area contributed by atoms with E-state index in [2.05, 4.69) is 9.88 Å². The fraction of sp³-hybridized carbons (Fsp3) is 0.615. The van der Waals surface area contributed by atoms with E-state index in [9.17, 15) is 9.50 Å².